The Morgan fingerprint density at radius 3 is 2.69 bits per heavy atom. The molecule has 1 aliphatic rings. The molecule has 1 unspecified atom stereocenters. The van der Waals surface area contributed by atoms with Crippen molar-refractivity contribution in [1.29, 1.82) is 0 Å². The topological polar surface area (TPSA) is 79.6 Å². The van der Waals surface area contributed by atoms with Crippen LogP contribution in [0.1, 0.15) is 20.8 Å². The van der Waals surface area contributed by atoms with Crippen LogP contribution in [-0.4, -0.2) is 22.9 Å². The van der Waals surface area contributed by atoms with E-state index in [1.807, 2.05) is 20.8 Å². The number of hydrogen-bond donors (Lipinski definition) is 2. The highest BCUT2D eigenvalue weighted by Gasteiger charge is 2.30. The van der Waals surface area contributed by atoms with Gasteiger partial charge in [0.2, 0.25) is 0 Å². The lowest BCUT2D eigenvalue weighted by Gasteiger charge is -2.29. The van der Waals surface area contributed by atoms with Gasteiger partial charge in [-0.05, 0) is 5.41 Å². The number of alkyl halides is 1. The van der Waals surface area contributed by atoms with E-state index in [2.05, 4.69) is 15.6 Å². The quantitative estimate of drug-likeness (QED) is 0.340. The highest BCUT2D eigenvalue weighted by molar-refractivity contribution is 6.23. The van der Waals surface area contributed by atoms with Crippen LogP contribution in [0.3, 0.4) is 0 Å². The molecule has 16 heavy (non-hydrogen) atoms. The first-order valence-corrected chi connectivity index (χ1v) is 5.21. The predicted octanol–water partition coefficient (Wildman–Crippen LogP) is 1.26. The van der Waals surface area contributed by atoms with Gasteiger partial charge in [-0.3, -0.25) is 15.4 Å². The zero-order chi connectivity index (χ0) is 12.4. The third-order valence-corrected chi connectivity index (χ3v) is 2.19. The minimum atomic E-state index is -1.19. The first kappa shape index (κ1) is 12.9. The Balaban J connectivity index is 2.58. The molecule has 0 spiro atoms. The molecule has 1 heterocycles. The molecule has 2 N–H and O–H groups in total. The van der Waals surface area contributed by atoms with Crippen LogP contribution >= 0.6 is 11.6 Å². The lowest BCUT2D eigenvalue weighted by atomic mass is 9.97. The van der Waals surface area contributed by atoms with Gasteiger partial charge < -0.3 is 5.32 Å². The molecule has 1 rings (SSSR count). The van der Waals surface area contributed by atoms with Crippen LogP contribution in [0.4, 0.5) is 0 Å². The molecule has 0 aromatic heterocycles. The Morgan fingerprint density at radius 1 is 1.69 bits per heavy atom. The summed E-state index contributed by atoms with van der Waals surface area (Å²) in [6, 6.07) is 0. The minimum absolute atomic E-state index is 0.0478. The van der Waals surface area contributed by atoms with Crippen LogP contribution < -0.4 is 10.6 Å². The number of hydrogen-bond acceptors (Lipinski definition) is 5. The summed E-state index contributed by atoms with van der Waals surface area (Å²) in [6.07, 6.45) is 2.37. The van der Waals surface area contributed by atoms with Crippen molar-refractivity contribution in [2.24, 2.45) is 10.4 Å². The Hall–Kier alpha value is -1.14. The third kappa shape index (κ3) is 3.79. The van der Waals surface area contributed by atoms with Gasteiger partial charge in [0.15, 0.2) is 0 Å². The van der Waals surface area contributed by atoms with Crippen LogP contribution in [0.2, 0.25) is 0 Å². The number of nitrogens with one attached hydrogen (secondary N) is 2. The maximum absolute atomic E-state index is 10.4. The zero-order valence-electron chi connectivity index (χ0n) is 9.45. The van der Waals surface area contributed by atoms with Crippen LogP contribution in [0.25, 0.3) is 0 Å². The molecule has 1 atom stereocenters. The summed E-state index contributed by atoms with van der Waals surface area (Å²) in [7, 11) is 0. The van der Waals surface area contributed by atoms with E-state index in [-0.39, 0.29) is 11.1 Å². The summed E-state index contributed by atoms with van der Waals surface area (Å²) in [5, 5.41) is 14.9. The van der Waals surface area contributed by atoms with Crippen molar-refractivity contribution in [2.75, 3.05) is 6.54 Å². The summed E-state index contributed by atoms with van der Waals surface area (Å²) in [4.78, 5) is 13.8. The van der Waals surface area contributed by atoms with E-state index in [1.165, 1.54) is 6.20 Å². The maximum atomic E-state index is 10.4. The molecule has 0 aliphatic carbocycles. The average Bonchev–Trinajstić information content (AvgIpc) is 2.15. The van der Waals surface area contributed by atoms with Gasteiger partial charge in [-0.25, -0.2) is 4.99 Å². The zero-order valence-corrected chi connectivity index (χ0v) is 10.2. The van der Waals surface area contributed by atoms with Gasteiger partial charge in [-0.15, -0.1) is 0 Å². The Kier molecular flexibility index (Phi) is 3.54. The number of rotatable bonds is 3. The fourth-order valence-corrected chi connectivity index (χ4v) is 1.15. The molecule has 0 aromatic carbocycles. The number of aliphatic imine (C=N–C) groups is 1. The van der Waals surface area contributed by atoms with Crippen molar-refractivity contribution >= 4 is 17.8 Å². The van der Waals surface area contributed by atoms with Crippen molar-refractivity contribution in [3.05, 3.63) is 22.0 Å². The van der Waals surface area contributed by atoms with Gasteiger partial charge >= 0.3 is 5.70 Å². The summed E-state index contributed by atoms with van der Waals surface area (Å²) in [6.45, 7) is 6.77. The molecular formula is C9H15ClN4O2. The third-order valence-electron chi connectivity index (χ3n) is 1.85. The van der Waals surface area contributed by atoms with Gasteiger partial charge in [0.25, 0.3) is 5.25 Å². The molecule has 0 bridgehead atoms. The second-order valence-corrected chi connectivity index (χ2v) is 5.31. The number of allylic oxidation sites excluding steroid dienone is 1. The molecule has 0 radical (unpaired) electrons. The lowest BCUT2D eigenvalue weighted by molar-refractivity contribution is -0.415. The van der Waals surface area contributed by atoms with Gasteiger partial charge in [0.05, 0.1) is 11.1 Å². The van der Waals surface area contributed by atoms with E-state index >= 15 is 0 Å². The molecule has 0 fully saturated rings. The standard InChI is InChI=1S/C9H15ClN4O2/c1-8(2,3)6-13-9(10)11-4-7(5-12-9)14(15)16/h4-5,11,13H,6H2,1-3H3. The van der Waals surface area contributed by atoms with E-state index < -0.39 is 10.2 Å². The number of nitrogens with zero attached hydrogens (tertiary/aromatic N) is 2. The summed E-state index contributed by atoms with van der Waals surface area (Å²) < 4.78 is 0. The molecule has 1 aliphatic heterocycles. The largest absolute Gasteiger partial charge is 0.336 e. The molecule has 0 saturated heterocycles. The Labute approximate surface area is 98.9 Å². The van der Waals surface area contributed by atoms with Crippen molar-refractivity contribution in [1.82, 2.24) is 10.6 Å². The van der Waals surface area contributed by atoms with Gasteiger partial charge in [-0.2, -0.15) is 0 Å². The van der Waals surface area contributed by atoms with Crippen LogP contribution in [-0.2, 0) is 0 Å². The van der Waals surface area contributed by atoms with Crippen molar-refractivity contribution in [2.45, 2.75) is 26.0 Å². The molecule has 7 heteroatoms. The second kappa shape index (κ2) is 4.39. The predicted molar refractivity (Wildman–Crippen MR) is 62.7 cm³/mol. The summed E-state index contributed by atoms with van der Waals surface area (Å²) >= 11 is 6.06. The maximum Gasteiger partial charge on any atom is 0.302 e. The highest BCUT2D eigenvalue weighted by Crippen LogP contribution is 2.17. The van der Waals surface area contributed by atoms with E-state index in [1.54, 1.807) is 0 Å². The van der Waals surface area contributed by atoms with Gasteiger partial charge in [0.1, 0.15) is 6.21 Å². The van der Waals surface area contributed by atoms with E-state index in [4.69, 9.17) is 11.6 Å². The molecule has 90 valence electrons. The van der Waals surface area contributed by atoms with Gasteiger partial charge in [-0.1, -0.05) is 32.4 Å². The van der Waals surface area contributed by atoms with Crippen molar-refractivity contribution < 1.29 is 4.92 Å². The normalized spacial score (nSPS) is 24.9. The van der Waals surface area contributed by atoms with Crippen LogP contribution in [0, 0.1) is 15.5 Å². The van der Waals surface area contributed by atoms with Crippen molar-refractivity contribution in [3.8, 4) is 0 Å². The molecular weight excluding hydrogens is 232 g/mol. The Morgan fingerprint density at radius 2 is 2.31 bits per heavy atom. The molecule has 0 amide bonds. The summed E-state index contributed by atoms with van der Waals surface area (Å²) in [5.41, 5.74) is -0.0690. The van der Waals surface area contributed by atoms with Crippen LogP contribution in [0.15, 0.2) is 16.9 Å². The minimum Gasteiger partial charge on any atom is -0.336 e. The second-order valence-electron chi connectivity index (χ2n) is 4.77. The smallest absolute Gasteiger partial charge is 0.302 e. The van der Waals surface area contributed by atoms with E-state index in [0.717, 1.165) is 6.21 Å². The van der Waals surface area contributed by atoms with E-state index in [9.17, 15) is 10.1 Å². The first-order valence-electron chi connectivity index (χ1n) is 4.83. The lowest BCUT2D eigenvalue weighted by Crippen LogP contribution is -2.52. The fraction of sp³-hybridized carbons (Fsp3) is 0.667. The van der Waals surface area contributed by atoms with E-state index in [0.29, 0.717) is 6.54 Å². The molecule has 6 nitrogen and oxygen atoms in total. The molecule has 0 aromatic rings. The number of nitro groups is 1. The number of halogens is 1. The van der Waals surface area contributed by atoms with Crippen molar-refractivity contribution in [3.63, 3.8) is 0 Å². The first-order chi connectivity index (χ1) is 7.22. The monoisotopic (exact) mass is 246 g/mol. The SMILES string of the molecule is CC(C)(C)CNC1(Cl)N=CC([N+](=O)[O-])=CN1. The summed E-state index contributed by atoms with van der Waals surface area (Å²) in [5.74, 6) is 0. The average molecular weight is 247 g/mol. The van der Waals surface area contributed by atoms with Crippen LogP contribution in [0.5, 0.6) is 0 Å². The molecule has 0 saturated carbocycles. The highest BCUT2D eigenvalue weighted by atomic mass is 35.5. The fourth-order valence-electron chi connectivity index (χ4n) is 0.978. The Bertz CT molecular complexity index is 348. The van der Waals surface area contributed by atoms with Gasteiger partial charge in [0, 0.05) is 6.54 Å².